The van der Waals surface area contributed by atoms with Crippen molar-refractivity contribution >= 4 is 40.7 Å². The van der Waals surface area contributed by atoms with Gasteiger partial charge in [0.2, 0.25) is 0 Å². The highest BCUT2D eigenvalue weighted by Gasteiger charge is 2.31. The number of aliphatic hydroxyl groups is 1. The minimum absolute atomic E-state index is 0.165. The minimum Gasteiger partial charge on any atom is -0.477 e. The van der Waals surface area contributed by atoms with Crippen LogP contribution in [0.15, 0.2) is 17.1 Å². The number of fused-ring (bicyclic) bond motifs is 1. The number of nitro groups is 1. The molecule has 0 saturated carbocycles. The Bertz CT molecular complexity index is 770. The number of anilines is 2. The predicted molar refractivity (Wildman–Crippen MR) is 88.8 cm³/mol. The van der Waals surface area contributed by atoms with Gasteiger partial charge in [-0.15, -0.1) is 0 Å². The van der Waals surface area contributed by atoms with Crippen molar-refractivity contribution < 1.29 is 24.7 Å². The Morgan fingerprint density at radius 2 is 2.08 bits per heavy atom. The van der Waals surface area contributed by atoms with E-state index < -0.39 is 23.0 Å². The van der Waals surface area contributed by atoms with E-state index in [1.807, 2.05) is 0 Å². The first kappa shape index (κ1) is 16.8. The van der Waals surface area contributed by atoms with E-state index in [9.17, 15) is 29.9 Å². The molecule has 2 aliphatic heterocycles. The summed E-state index contributed by atoms with van der Waals surface area (Å²) in [6.45, 7) is 0.890. The number of carboxylic acid groups (broad SMARTS) is 1. The number of hydrogen-bond acceptors (Lipinski definition) is 8. The number of aliphatic hydroxyl groups excluding tert-OH is 1. The molecule has 10 nitrogen and oxygen atoms in total. The standard InChI is InChI=1S/C15H16N4O6/c20-7-11-14(15(22)23)17-10-5-12(18-3-1-8(21)2-4-18)13(19(24)25)6-9(10)16-11/h5-8,11,16,21H,1-4H2,(H,22,23). The van der Waals surface area contributed by atoms with Crippen molar-refractivity contribution in [3.05, 3.63) is 22.2 Å². The van der Waals surface area contributed by atoms with Crippen LogP contribution in [0.3, 0.4) is 0 Å². The fourth-order valence-electron chi connectivity index (χ4n) is 2.99. The molecule has 0 aromatic heterocycles. The SMILES string of the molecule is O=CC1Nc2cc([N+](=O)[O-])c(N3CCC(O)CC3)cc2N=C1C(=O)O. The van der Waals surface area contributed by atoms with Crippen molar-refractivity contribution in [2.75, 3.05) is 23.3 Å². The Morgan fingerprint density at radius 1 is 1.40 bits per heavy atom. The first-order valence-electron chi connectivity index (χ1n) is 7.70. The van der Waals surface area contributed by atoms with Crippen LogP contribution < -0.4 is 10.2 Å². The van der Waals surface area contributed by atoms with Crippen LogP contribution in [0.2, 0.25) is 0 Å². The average Bonchev–Trinajstić information content (AvgIpc) is 2.59. The number of carbonyl (C=O) groups excluding carboxylic acids is 1. The second-order valence-corrected chi connectivity index (χ2v) is 5.89. The lowest BCUT2D eigenvalue weighted by Crippen LogP contribution is -2.38. The molecule has 0 bridgehead atoms. The molecule has 0 radical (unpaired) electrons. The molecule has 25 heavy (non-hydrogen) atoms. The number of nitro benzene ring substituents is 1. The monoisotopic (exact) mass is 348 g/mol. The van der Waals surface area contributed by atoms with Crippen molar-refractivity contribution in [1.29, 1.82) is 0 Å². The maximum atomic E-state index is 11.4. The smallest absolute Gasteiger partial charge is 0.352 e. The summed E-state index contributed by atoms with van der Waals surface area (Å²) >= 11 is 0. The molecule has 1 aromatic carbocycles. The number of aldehydes is 1. The second kappa shape index (κ2) is 6.48. The van der Waals surface area contributed by atoms with Gasteiger partial charge in [-0.25, -0.2) is 9.79 Å². The Kier molecular flexibility index (Phi) is 4.36. The van der Waals surface area contributed by atoms with E-state index in [1.54, 1.807) is 4.90 Å². The lowest BCUT2D eigenvalue weighted by atomic mass is 10.0. The van der Waals surface area contributed by atoms with Gasteiger partial charge in [0.1, 0.15) is 18.0 Å². The van der Waals surface area contributed by atoms with Gasteiger partial charge < -0.3 is 25.2 Å². The largest absolute Gasteiger partial charge is 0.477 e. The summed E-state index contributed by atoms with van der Waals surface area (Å²) in [6, 6.07) is 1.54. The van der Waals surface area contributed by atoms with Gasteiger partial charge in [-0.1, -0.05) is 0 Å². The maximum Gasteiger partial charge on any atom is 0.352 e. The third-order valence-corrected chi connectivity index (χ3v) is 4.30. The van der Waals surface area contributed by atoms with Gasteiger partial charge in [0.25, 0.3) is 5.69 Å². The molecule has 1 saturated heterocycles. The number of piperidine rings is 1. The summed E-state index contributed by atoms with van der Waals surface area (Å²) in [5.41, 5.74) is 0.241. The van der Waals surface area contributed by atoms with E-state index >= 15 is 0 Å². The first-order chi connectivity index (χ1) is 11.9. The van der Waals surface area contributed by atoms with Crippen LogP contribution in [0, 0.1) is 10.1 Å². The highest BCUT2D eigenvalue weighted by molar-refractivity contribution is 6.42. The number of aliphatic imine (C=N–C) groups is 1. The predicted octanol–water partition coefficient (Wildman–Crippen LogP) is 0.706. The summed E-state index contributed by atoms with van der Waals surface area (Å²) in [4.78, 5) is 39.0. The molecular weight excluding hydrogens is 332 g/mol. The summed E-state index contributed by atoms with van der Waals surface area (Å²) in [7, 11) is 0. The Balaban J connectivity index is 2.07. The van der Waals surface area contributed by atoms with Crippen molar-refractivity contribution in [1.82, 2.24) is 0 Å². The molecule has 3 rings (SSSR count). The summed E-state index contributed by atoms with van der Waals surface area (Å²) < 4.78 is 0. The molecular formula is C15H16N4O6. The second-order valence-electron chi connectivity index (χ2n) is 5.89. The van der Waals surface area contributed by atoms with E-state index in [-0.39, 0.29) is 22.8 Å². The fourth-order valence-corrected chi connectivity index (χ4v) is 2.99. The highest BCUT2D eigenvalue weighted by atomic mass is 16.6. The number of rotatable bonds is 4. The third-order valence-electron chi connectivity index (χ3n) is 4.30. The van der Waals surface area contributed by atoms with Crippen LogP contribution in [-0.4, -0.2) is 58.3 Å². The van der Waals surface area contributed by atoms with Gasteiger partial charge in [0.05, 0.1) is 22.4 Å². The summed E-state index contributed by atoms with van der Waals surface area (Å²) in [5.74, 6) is -1.34. The molecule has 1 aromatic rings. The molecule has 132 valence electrons. The van der Waals surface area contributed by atoms with Gasteiger partial charge in [-0.2, -0.15) is 0 Å². The van der Waals surface area contributed by atoms with Crippen LogP contribution >= 0.6 is 0 Å². The molecule has 1 fully saturated rings. The van der Waals surface area contributed by atoms with Crippen LogP contribution in [0.1, 0.15) is 12.8 Å². The number of aliphatic carboxylic acids is 1. The third kappa shape index (κ3) is 3.15. The Labute approximate surface area is 141 Å². The van der Waals surface area contributed by atoms with Crippen LogP contribution in [-0.2, 0) is 9.59 Å². The highest BCUT2D eigenvalue weighted by Crippen LogP contribution is 2.41. The Morgan fingerprint density at radius 3 is 2.64 bits per heavy atom. The molecule has 0 spiro atoms. The molecule has 0 amide bonds. The van der Waals surface area contributed by atoms with Crippen LogP contribution in [0.5, 0.6) is 0 Å². The molecule has 1 atom stereocenters. The number of carboxylic acids is 1. The zero-order valence-corrected chi connectivity index (χ0v) is 13.1. The zero-order valence-electron chi connectivity index (χ0n) is 13.1. The van der Waals surface area contributed by atoms with Gasteiger partial charge in [-0.05, 0) is 18.9 Å². The fraction of sp³-hybridized carbons (Fsp3) is 0.400. The van der Waals surface area contributed by atoms with Crippen molar-refractivity contribution in [2.45, 2.75) is 25.0 Å². The van der Waals surface area contributed by atoms with Crippen LogP contribution in [0.25, 0.3) is 0 Å². The minimum atomic E-state index is -1.34. The topological polar surface area (TPSA) is 145 Å². The number of carbonyl (C=O) groups is 2. The molecule has 10 heteroatoms. The van der Waals surface area contributed by atoms with E-state index in [0.29, 0.717) is 37.9 Å². The normalized spacial score (nSPS) is 20.3. The number of benzene rings is 1. The van der Waals surface area contributed by atoms with Crippen molar-refractivity contribution in [3.63, 3.8) is 0 Å². The quantitative estimate of drug-likeness (QED) is 0.409. The summed E-state index contributed by atoms with van der Waals surface area (Å²) in [5, 5.41) is 32.9. The molecule has 0 aliphatic carbocycles. The maximum absolute atomic E-state index is 11.4. The van der Waals surface area contributed by atoms with E-state index in [0.717, 1.165) is 0 Å². The van der Waals surface area contributed by atoms with E-state index in [2.05, 4.69) is 10.3 Å². The summed E-state index contributed by atoms with van der Waals surface area (Å²) in [6.07, 6.45) is 0.938. The molecule has 1 unspecified atom stereocenters. The molecule has 3 N–H and O–H groups in total. The van der Waals surface area contributed by atoms with Gasteiger partial charge in [0.15, 0.2) is 5.71 Å². The van der Waals surface area contributed by atoms with E-state index in [4.69, 9.17) is 0 Å². The Hall–Kier alpha value is -3.01. The first-order valence-corrected chi connectivity index (χ1v) is 7.70. The number of hydrogen-bond donors (Lipinski definition) is 3. The lowest BCUT2D eigenvalue weighted by Gasteiger charge is -2.32. The number of nitrogens with one attached hydrogen (secondary N) is 1. The van der Waals surface area contributed by atoms with E-state index in [1.165, 1.54) is 12.1 Å². The molecule has 2 heterocycles. The van der Waals surface area contributed by atoms with Crippen molar-refractivity contribution in [2.24, 2.45) is 4.99 Å². The van der Waals surface area contributed by atoms with Crippen molar-refractivity contribution in [3.8, 4) is 0 Å². The van der Waals surface area contributed by atoms with Gasteiger partial charge in [-0.3, -0.25) is 10.1 Å². The molecule has 2 aliphatic rings. The number of nitrogens with zero attached hydrogens (tertiary/aromatic N) is 3. The van der Waals surface area contributed by atoms with Gasteiger partial charge in [0, 0.05) is 19.2 Å². The van der Waals surface area contributed by atoms with Gasteiger partial charge >= 0.3 is 5.97 Å². The lowest BCUT2D eigenvalue weighted by molar-refractivity contribution is -0.384. The van der Waals surface area contributed by atoms with Crippen LogP contribution in [0.4, 0.5) is 22.7 Å². The zero-order chi connectivity index (χ0) is 18.1. The average molecular weight is 348 g/mol.